The number of hydrogen-bond acceptors (Lipinski definition) is 3. The Labute approximate surface area is 95.2 Å². The third-order valence-corrected chi connectivity index (χ3v) is 1.86. The first-order valence-corrected chi connectivity index (χ1v) is 5.23. The number of carbonyl (C=O) groups is 2. The maximum absolute atomic E-state index is 11.5. The minimum absolute atomic E-state index is 0.0938. The summed E-state index contributed by atoms with van der Waals surface area (Å²) in [5.41, 5.74) is -0.958. The first-order valence-electron chi connectivity index (χ1n) is 5.23. The first kappa shape index (κ1) is 14.7. The number of carboxylic acid groups (broad SMARTS) is 1. The minimum Gasteiger partial charge on any atom is -0.481 e. The fourth-order valence-electron chi connectivity index (χ4n) is 1.18. The third-order valence-electron chi connectivity index (χ3n) is 1.86. The Morgan fingerprint density at radius 1 is 1.38 bits per heavy atom. The standard InChI is InChI=1S/C10H20N2O4/c1-4-12(7-10(2,3)16)9(15)11-6-5-8(13)14/h16H,4-7H2,1-3H3,(H,11,15)(H,13,14). The molecule has 0 unspecified atom stereocenters. The fourth-order valence-corrected chi connectivity index (χ4v) is 1.18. The van der Waals surface area contributed by atoms with Crippen molar-refractivity contribution >= 4 is 12.0 Å². The van der Waals surface area contributed by atoms with Crippen molar-refractivity contribution in [3.05, 3.63) is 0 Å². The summed E-state index contributed by atoms with van der Waals surface area (Å²) in [7, 11) is 0. The van der Waals surface area contributed by atoms with E-state index in [1.165, 1.54) is 4.90 Å². The van der Waals surface area contributed by atoms with Crippen LogP contribution in [0.1, 0.15) is 27.2 Å². The SMILES string of the molecule is CCN(CC(C)(C)O)C(=O)NCCC(=O)O. The molecule has 0 aliphatic carbocycles. The molecule has 2 amide bonds. The second-order valence-corrected chi connectivity index (χ2v) is 4.20. The van der Waals surface area contributed by atoms with Gasteiger partial charge in [-0.25, -0.2) is 4.79 Å². The lowest BCUT2D eigenvalue weighted by Gasteiger charge is -2.28. The molecular formula is C10H20N2O4. The van der Waals surface area contributed by atoms with Crippen LogP contribution >= 0.6 is 0 Å². The predicted octanol–water partition coefficient (Wildman–Crippen LogP) is 0.263. The highest BCUT2D eigenvalue weighted by atomic mass is 16.4. The van der Waals surface area contributed by atoms with E-state index < -0.39 is 11.6 Å². The predicted molar refractivity (Wildman–Crippen MR) is 59.2 cm³/mol. The number of aliphatic hydroxyl groups is 1. The summed E-state index contributed by atoms with van der Waals surface area (Å²) in [6, 6.07) is -0.356. The summed E-state index contributed by atoms with van der Waals surface area (Å²) in [4.78, 5) is 23.2. The van der Waals surface area contributed by atoms with Crippen LogP contribution < -0.4 is 5.32 Å². The highest BCUT2D eigenvalue weighted by molar-refractivity contribution is 5.75. The molecule has 94 valence electrons. The lowest BCUT2D eigenvalue weighted by molar-refractivity contribution is -0.136. The van der Waals surface area contributed by atoms with Crippen LogP contribution in [-0.4, -0.2) is 52.3 Å². The number of hydrogen-bond donors (Lipinski definition) is 3. The van der Waals surface area contributed by atoms with E-state index >= 15 is 0 Å². The first-order chi connectivity index (χ1) is 7.26. The summed E-state index contributed by atoms with van der Waals surface area (Å²) in [5.74, 6) is -0.953. The van der Waals surface area contributed by atoms with Crippen LogP contribution in [0, 0.1) is 0 Å². The molecule has 0 rings (SSSR count). The topological polar surface area (TPSA) is 89.9 Å². The van der Waals surface area contributed by atoms with E-state index in [0.717, 1.165) is 0 Å². The Morgan fingerprint density at radius 2 is 1.94 bits per heavy atom. The molecule has 0 fully saturated rings. The van der Waals surface area contributed by atoms with Gasteiger partial charge < -0.3 is 20.4 Å². The number of nitrogens with one attached hydrogen (secondary N) is 1. The molecule has 6 nitrogen and oxygen atoms in total. The molecule has 0 saturated carbocycles. The van der Waals surface area contributed by atoms with Crippen molar-refractivity contribution < 1.29 is 19.8 Å². The monoisotopic (exact) mass is 232 g/mol. The summed E-state index contributed by atoms with van der Waals surface area (Å²) < 4.78 is 0. The Hall–Kier alpha value is -1.30. The zero-order valence-electron chi connectivity index (χ0n) is 9.99. The Kier molecular flexibility index (Phi) is 5.81. The van der Waals surface area contributed by atoms with Gasteiger partial charge in [-0.2, -0.15) is 0 Å². The number of amides is 2. The van der Waals surface area contributed by atoms with E-state index in [1.54, 1.807) is 20.8 Å². The van der Waals surface area contributed by atoms with Crippen LogP contribution in [0.3, 0.4) is 0 Å². The number of carboxylic acids is 1. The van der Waals surface area contributed by atoms with Crippen LogP contribution in [0.15, 0.2) is 0 Å². The van der Waals surface area contributed by atoms with Gasteiger partial charge >= 0.3 is 12.0 Å². The largest absolute Gasteiger partial charge is 0.481 e. The van der Waals surface area contributed by atoms with E-state index in [4.69, 9.17) is 5.11 Å². The molecule has 0 spiro atoms. The highest BCUT2D eigenvalue weighted by Gasteiger charge is 2.20. The molecule has 16 heavy (non-hydrogen) atoms. The van der Waals surface area contributed by atoms with Crippen LogP contribution in [0.25, 0.3) is 0 Å². The average molecular weight is 232 g/mol. The number of carbonyl (C=O) groups excluding carboxylic acids is 1. The van der Waals surface area contributed by atoms with Gasteiger partial charge in [-0.3, -0.25) is 4.79 Å². The Bertz CT molecular complexity index is 248. The van der Waals surface area contributed by atoms with Crippen molar-refractivity contribution in [2.75, 3.05) is 19.6 Å². The fraction of sp³-hybridized carbons (Fsp3) is 0.800. The third kappa shape index (κ3) is 7.05. The number of nitrogens with zero attached hydrogens (tertiary/aromatic N) is 1. The molecule has 0 heterocycles. The minimum atomic E-state index is -0.958. The van der Waals surface area contributed by atoms with Gasteiger partial charge in [0.15, 0.2) is 0 Å². The van der Waals surface area contributed by atoms with Gasteiger partial charge in [0.2, 0.25) is 0 Å². The number of likely N-dealkylation sites (N-methyl/N-ethyl adjacent to an activating group) is 1. The number of aliphatic carboxylic acids is 1. The molecule has 0 aliphatic rings. The molecule has 0 aliphatic heterocycles. The van der Waals surface area contributed by atoms with Gasteiger partial charge in [0.1, 0.15) is 0 Å². The van der Waals surface area contributed by atoms with Crippen molar-refractivity contribution in [1.82, 2.24) is 10.2 Å². The highest BCUT2D eigenvalue weighted by Crippen LogP contribution is 2.04. The van der Waals surface area contributed by atoms with E-state index in [1.807, 2.05) is 0 Å². The Morgan fingerprint density at radius 3 is 2.31 bits per heavy atom. The smallest absolute Gasteiger partial charge is 0.317 e. The van der Waals surface area contributed by atoms with Gasteiger partial charge in [0.05, 0.1) is 18.6 Å². The van der Waals surface area contributed by atoms with Crippen molar-refractivity contribution in [1.29, 1.82) is 0 Å². The second-order valence-electron chi connectivity index (χ2n) is 4.20. The molecule has 0 aromatic carbocycles. The molecule has 6 heteroatoms. The maximum atomic E-state index is 11.5. The summed E-state index contributed by atoms with van der Waals surface area (Å²) in [5, 5.41) is 20.5. The molecule has 0 atom stereocenters. The molecule has 0 bridgehead atoms. The van der Waals surface area contributed by atoms with Gasteiger partial charge in [0, 0.05) is 13.1 Å². The lowest BCUT2D eigenvalue weighted by atomic mass is 10.1. The molecule has 0 aromatic rings. The van der Waals surface area contributed by atoms with Gasteiger partial charge in [-0.15, -0.1) is 0 Å². The van der Waals surface area contributed by atoms with Crippen LogP contribution in [0.5, 0.6) is 0 Å². The number of urea groups is 1. The quantitative estimate of drug-likeness (QED) is 0.613. The summed E-state index contributed by atoms with van der Waals surface area (Å²) in [6.45, 7) is 5.78. The summed E-state index contributed by atoms with van der Waals surface area (Å²) >= 11 is 0. The zero-order chi connectivity index (χ0) is 12.8. The molecule has 0 aromatic heterocycles. The van der Waals surface area contributed by atoms with Crippen molar-refractivity contribution in [2.24, 2.45) is 0 Å². The molecule has 0 saturated heterocycles. The van der Waals surface area contributed by atoms with Gasteiger partial charge in [-0.05, 0) is 20.8 Å². The molecule has 3 N–H and O–H groups in total. The summed E-state index contributed by atoms with van der Waals surface area (Å²) in [6.07, 6.45) is -0.105. The van der Waals surface area contributed by atoms with Crippen LogP contribution in [-0.2, 0) is 4.79 Å². The number of rotatable bonds is 6. The van der Waals surface area contributed by atoms with Crippen molar-refractivity contribution in [3.63, 3.8) is 0 Å². The van der Waals surface area contributed by atoms with E-state index in [9.17, 15) is 14.7 Å². The maximum Gasteiger partial charge on any atom is 0.317 e. The van der Waals surface area contributed by atoms with Crippen LogP contribution in [0.4, 0.5) is 4.79 Å². The normalized spacial score (nSPS) is 11.0. The average Bonchev–Trinajstić information content (AvgIpc) is 2.11. The van der Waals surface area contributed by atoms with Gasteiger partial charge in [0.25, 0.3) is 0 Å². The Balaban J connectivity index is 4.06. The van der Waals surface area contributed by atoms with E-state index in [0.29, 0.717) is 6.54 Å². The van der Waals surface area contributed by atoms with Crippen molar-refractivity contribution in [2.45, 2.75) is 32.8 Å². The van der Waals surface area contributed by atoms with E-state index in [2.05, 4.69) is 5.32 Å². The second kappa shape index (κ2) is 6.32. The molecular weight excluding hydrogens is 212 g/mol. The van der Waals surface area contributed by atoms with Crippen molar-refractivity contribution in [3.8, 4) is 0 Å². The zero-order valence-corrected chi connectivity index (χ0v) is 9.99. The van der Waals surface area contributed by atoms with Crippen LogP contribution in [0.2, 0.25) is 0 Å². The lowest BCUT2D eigenvalue weighted by Crippen LogP contribution is -2.47. The van der Waals surface area contributed by atoms with E-state index in [-0.39, 0.29) is 25.5 Å². The molecule has 0 radical (unpaired) electrons. The van der Waals surface area contributed by atoms with Gasteiger partial charge in [-0.1, -0.05) is 0 Å².